The van der Waals surface area contributed by atoms with Gasteiger partial charge in [0, 0.05) is 22.6 Å². The Balaban J connectivity index is 1.72. The molecule has 0 saturated heterocycles. The Bertz CT molecular complexity index is 865. The van der Waals surface area contributed by atoms with Crippen molar-refractivity contribution in [3.8, 4) is 5.69 Å². The van der Waals surface area contributed by atoms with E-state index in [0.29, 0.717) is 6.54 Å². The summed E-state index contributed by atoms with van der Waals surface area (Å²) >= 11 is 3.44. The molecule has 3 rings (SSSR count). The van der Waals surface area contributed by atoms with Crippen molar-refractivity contribution in [2.45, 2.75) is 6.54 Å². The Morgan fingerprint density at radius 3 is 2.46 bits per heavy atom. The van der Waals surface area contributed by atoms with Crippen molar-refractivity contribution in [1.82, 2.24) is 4.57 Å². The Morgan fingerprint density at radius 1 is 1.08 bits per heavy atom. The van der Waals surface area contributed by atoms with Gasteiger partial charge in [-0.15, -0.1) is 0 Å². The zero-order valence-electron chi connectivity index (χ0n) is 12.8. The number of carboxylic acid groups (broad SMARTS) is 1. The minimum Gasteiger partial charge on any atom is -0.478 e. The molecule has 0 spiro atoms. The molecule has 0 fully saturated rings. The normalized spacial score (nSPS) is 11.0. The fourth-order valence-corrected chi connectivity index (χ4v) is 2.60. The molecule has 0 aliphatic rings. The van der Waals surface area contributed by atoms with Gasteiger partial charge in [-0.2, -0.15) is 0 Å². The molecule has 24 heavy (non-hydrogen) atoms. The highest BCUT2D eigenvalue weighted by Gasteiger charge is 2.02. The van der Waals surface area contributed by atoms with Crippen molar-refractivity contribution in [2.24, 2.45) is 4.99 Å². The fourth-order valence-electron chi connectivity index (χ4n) is 2.33. The number of nitrogens with zero attached hydrogens (tertiary/aromatic N) is 2. The van der Waals surface area contributed by atoms with Crippen LogP contribution in [-0.2, 0) is 6.54 Å². The van der Waals surface area contributed by atoms with E-state index >= 15 is 0 Å². The number of aliphatic imine (C=N–C) groups is 1. The number of halogens is 1. The number of aromatic nitrogens is 1. The van der Waals surface area contributed by atoms with Crippen LogP contribution >= 0.6 is 15.9 Å². The lowest BCUT2D eigenvalue weighted by molar-refractivity contribution is 0.0697. The van der Waals surface area contributed by atoms with Gasteiger partial charge in [-0.25, -0.2) is 4.79 Å². The lowest BCUT2D eigenvalue weighted by Crippen LogP contribution is -1.98. The summed E-state index contributed by atoms with van der Waals surface area (Å²) in [7, 11) is 0. The largest absolute Gasteiger partial charge is 0.478 e. The highest BCUT2D eigenvalue weighted by Crippen LogP contribution is 2.16. The third-order valence-electron chi connectivity index (χ3n) is 3.58. The van der Waals surface area contributed by atoms with Crippen molar-refractivity contribution in [1.29, 1.82) is 0 Å². The third kappa shape index (κ3) is 3.81. The number of hydrogen-bond donors (Lipinski definition) is 1. The van der Waals surface area contributed by atoms with Gasteiger partial charge in [-0.1, -0.05) is 28.1 Å². The first-order valence-electron chi connectivity index (χ1n) is 7.39. The van der Waals surface area contributed by atoms with E-state index in [1.807, 2.05) is 48.8 Å². The number of rotatable bonds is 5. The molecule has 2 aromatic carbocycles. The maximum Gasteiger partial charge on any atom is 0.335 e. The molecule has 0 amide bonds. The Morgan fingerprint density at radius 2 is 1.79 bits per heavy atom. The number of carboxylic acids is 1. The standard InChI is InChI=1S/C19H15BrN2O2/c20-16-7-9-17(10-8-16)22-11-1-2-18(22)13-21-12-14-3-5-15(6-4-14)19(23)24/h1-11,13H,12H2,(H,23,24). The number of carbonyl (C=O) groups is 1. The SMILES string of the molecule is O=C(O)c1ccc(CN=Cc2cccn2-c2ccc(Br)cc2)cc1. The first-order chi connectivity index (χ1) is 11.6. The Kier molecular flexibility index (Phi) is 4.91. The zero-order valence-corrected chi connectivity index (χ0v) is 14.3. The molecule has 1 heterocycles. The molecule has 1 N–H and O–H groups in total. The Hall–Kier alpha value is -2.66. The van der Waals surface area contributed by atoms with E-state index in [1.54, 1.807) is 24.3 Å². The summed E-state index contributed by atoms with van der Waals surface area (Å²) in [4.78, 5) is 15.3. The van der Waals surface area contributed by atoms with Gasteiger partial charge < -0.3 is 9.67 Å². The van der Waals surface area contributed by atoms with Gasteiger partial charge in [0.2, 0.25) is 0 Å². The van der Waals surface area contributed by atoms with E-state index in [0.717, 1.165) is 21.4 Å². The molecular formula is C19H15BrN2O2. The highest BCUT2D eigenvalue weighted by molar-refractivity contribution is 9.10. The number of aromatic carboxylic acids is 1. The zero-order chi connectivity index (χ0) is 16.9. The second kappa shape index (κ2) is 7.27. The fraction of sp³-hybridized carbons (Fsp3) is 0.0526. The highest BCUT2D eigenvalue weighted by atomic mass is 79.9. The summed E-state index contributed by atoms with van der Waals surface area (Å²) in [6.07, 6.45) is 3.82. The minimum absolute atomic E-state index is 0.284. The van der Waals surface area contributed by atoms with E-state index in [1.165, 1.54) is 0 Å². The van der Waals surface area contributed by atoms with Crippen LogP contribution in [0.3, 0.4) is 0 Å². The van der Waals surface area contributed by atoms with Gasteiger partial charge in [-0.05, 0) is 54.1 Å². The van der Waals surface area contributed by atoms with Gasteiger partial charge in [0.15, 0.2) is 0 Å². The first kappa shape index (κ1) is 16.2. The van der Waals surface area contributed by atoms with E-state index in [4.69, 9.17) is 5.11 Å². The number of benzene rings is 2. The molecule has 120 valence electrons. The smallest absolute Gasteiger partial charge is 0.335 e. The van der Waals surface area contributed by atoms with Crippen LogP contribution in [-0.4, -0.2) is 21.9 Å². The van der Waals surface area contributed by atoms with Crippen LogP contribution in [0, 0.1) is 0 Å². The average Bonchev–Trinajstić information content (AvgIpc) is 3.04. The summed E-state index contributed by atoms with van der Waals surface area (Å²) in [5.74, 6) is -0.919. The van der Waals surface area contributed by atoms with Gasteiger partial charge in [-0.3, -0.25) is 4.99 Å². The quantitative estimate of drug-likeness (QED) is 0.657. The monoisotopic (exact) mass is 382 g/mol. The molecule has 1 aromatic heterocycles. The van der Waals surface area contributed by atoms with Gasteiger partial charge >= 0.3 is 5.97 Å². The van der Waals surface area contributed by atoms with E-state index < -0.39 is 5.97 Å². The average molecular weight is 383 g/mol. The first-order valence-corrected chi connectivity index (χ1v) is 8.18. The second-order valence-electron chi connectivity index (χ2n) is 5.25. The summed E-state index contributed by atoms with van der Waals surface area (Å²) < 4.78 is 3.10. The predicted octanol–water partition coefficient (Wildman–Crippen LogP) is 4.56. The van der Waals surface area contributed by atoms with Crippen LogP contribution in [0.5, 0.6) is 0 Å². The van der Waals surface area contributed by atoms with E-state index in [9.17, 15) is 4.79 Å². The minimum atomic E-state index is -0.919. The van der Waals surface area contributed by atoms with Crippen molar-refractivity contribution < 1.29 is 9.90 Å². The topological polar surface area (TPSA) is 54.6 Å². The molecule has 0 aliphatic heterocycles. The van der Waals surface area contributed by atoms with Gasteiger partial charge in [0.1, 0.15) is 0 Å². The van der Waals surface area contributed by atoms with Crippen LogP contribution < -0.4 is 0 Å². The van der Waals surface area contributed by atoms with E-state index in [-0.39, 0.29) is 5.56 Å². The van der Waals surface area contributed by atoms with Gasteiger partial charge in [0.05, 0.1) is 17.8 Å². The van der Waals surface area contributed by atoms with Crippen LogP contribution in [0.25, 0.3) is 5.69 Å². The lowest BCUT2D eigenvalue weighted by atomic mass is 10.1. The van der Waals surface area contributed by atoms with Crippen molar-refractivity contribution >= 4 is 28.1 Å². The molecule has 0 saturated carbocycles. The predicted molar refractivity (Wildman–Crippen MR) is 98.2 cm³/mol. The second-order valence-corrected chi connectivity index (χ2v) is 6.17. The Labute approximate surface area is 148 Å². The molecule has 3 aromatic rings. The summed E-state index contributed by atoms with van der Waals surface area (Å²) in [6, 6.07) is 18.8. The molecule has 0 radical (unpaired) electrons. The van der Waals surface area contributed by atoms with Crippen molar-refractivity contribution in [3.05, 3.63) is 88.2 Å². The molecule has 0 aliphatic carbocycles. The lowest BCUT2D eigenvalue weighted by Gasteiger charge is -2.06. The molecular weight excluding hydrogens is 368 g/mol. The van der Waals surface area contributed by atoms with Gasteiger partial charge in [0.25, 0.3) is 0 Å². The molecule has 0 atom stereocenters. The van der Waals surface area contributed by atoms with Crippen molar-refractivity contribution in [3.63, 3.8) is 0 Å². The number of hydrogen-bond acceptors (Lipinski definition) is 2. The van der Waals surface area contributed by atoms with Crippen LogP contribution in [0.4, 0.5) is 0 Å². The summed E-state index contributed by atoms with van der Waals surface area (Å²) in [5, 5.41) is 8.90. The molecule has 0 bridgehead atoms. The molecule has 4 nitrogen and oxygen atoms in total. The third-order valence-corrected chi connectivity index (χ3v) is 4.11. The maximum absolute atomic E-state index is 10.8. The van der Waals surface area contributed by atoms with E-state index in [2.05, 4.69) is 25.5 Å². The maximum atomic E-state index is 10.8. The van der Waals surface area contributed by atoms with Crippen LogP contribution in [0.2, 0.25) is 0 Å². The summed E-state index contributed by atoms with van der Waals surface area (Å²) in [6.45, 7) is 0.505. The molecule has 5 heteroatoms. The van der Waals surface area contributed by atoms with Crippen LogP contribution in [0.15, 0.2) is 76.3 Å². The molecule has 0 unspecified atom stereocenters. The summed E-state index contributed by atoms with van der Waals surface area (Å²) in [5.41, 5.74) is 3.31. The van der Waals surface area contributed by atoms with Crippen LogP contribution in [0.1, 0.15) is 21.6 Å². The van der Waals surface area contributed by atoms with Crippen molar-refractivity contribution in [2.75, 3.05) is 0 Å².